The number of amides is 1. The van der Waals surface area contributed by atoms with E-state index >= 15 is 0 Å². The number of nitrogens with one attached hydrogen (secondary N) is 2. The number of phenolic OH excluding ortho intramolecular Hbond substituents is 1. The monoisotopic (exact) mass is 384 g/mol. The van der Waals surface area contributed by atoms with Gasteiger partial charge in [0.05, 0.1) is 26.2 Å². The second-order valence-corrected chi connectivity index (χ2v) is 7.23. The molecule has 2 heterocycles. The van der Waals surface area contributed by atoms with E-state index in [1.165, 1.54) is 4.90 Å². The number of anilines is 2. The minimum Gasteiger partial charge on any atom is -0.508 e. The molecule has 7 heteroatoms. The lowest BCUT2D eigenvalue weighted by atomic mass is 10.2. The average Bonchev–Trinajstić information content (AvgIpc) is 2.74. The van der Waals surface area contributed by atoms with E-state index in [4.69, 9.17) is 9.47 Å². The van der Waals surface area contributed by atoms with Crippen molar-refractivity contribution in [3.63, 3.8) is 0 Å². The number of carbonyl (C=O) groups is 1. The highest BCUT2D eigenvalue weighted by atomic mass is 16.6. The Morgan fingerprint density at radius 3 is 2.46 bits per heavy atom. The molecule has 7 nitrogen and oxygen atoms in total. The molecule has 0 aromatic heterocycles. The maximum atomic E-state index is 12.7. The van der Waals surface area contributed by atoms with Gasteiger partial charge in [0.25, 0.3) is 5.91 Å². The van der Waals surface area contributed by atoms with Crippen molar-refractivity contribution in [1.82, 2.24) is 0 Å². The minimum atomic E-state index is -0.143. The van der Waals surface area contributed by atoms with E-state index in [1.54, 1.807) is 12.1 Å². The molecule has 0 saturated carbocycles. The number of benzene rings is 2. The number of fused-ring (bicyclic) bond motifs is 1. The number of hydrogen-bond donors (Lipinski definition) is 3. The molecule has 0 aliphatic carbocycles. The number of phenols is 1. The molecule has 0 unspecified atom stereocenters. The predicted octanol–water partition coefficient (Wildman–Crippen LogP) is 0.896. The molecule has 1 saturated heterocycles. The average molecular weight is 384 g/mol. The van der Waals surface area contributed by atoms with Crippen LogP contribution in [0.5, 0.6) is 17.2 Å². The van der Waals surface area contributed by atoms with Crippen LogP contribution in [-0.4, -0.2) is 56.4 Å². The fourth-order valence-corrected chi connectivity index (χ4v) is 3.71. The van der Waals surface area contributed by atoms with Gasteiger partial charge in [0.15, 0.2) is 17.5 Å². The van der Waals surface area contributed by atoms with Crippen LogP contribution in [0.1, 0.15) is 6.92 Å². The fraction of sp³-hybridized carbons (Fsp3) is 0.381. The fourth-order valence-electron chi connectivity index (χ4n) is 3.71. The maximum absolute atomic E-state index is 12.7. The Hall–Kier alpha value is -2.93. The number of carbonyl (C=O) groups excluding carboxylic acids is 1. The van der Waals surface area contributed by atoms with Crippen molar-refractivity contribution in [2.24, 2.45) is 0 Å². The topological polar surface area (TPSA) is 75.5 Å². The van der Waals surface area contributed by atoms with Crippen LogP contribution in [0.3, 0.4) is 0 Å². The molecule has 4 rings (SSSR count). The van der Waals surface area contributed by atoms with E-state index in [-0.39, 0.29) is 17.7 Å². The largest absolute Gasteiger partial charge is 0.508 e. The molecule has 0 spiro atoms. The van der Waals surface area contributed by atoms with Gasteiger partial charge in [0, 0.05) is 17.4 Å². The summed E-state index contributed by atoms with van der Waals surface area (Å²) in [5.74, 6) is 1.67. The number of quaternary nitrogens is 1. The van der Waals surface area contributed by atoms with Gasteiger partial charge >= 0.3 is 0 Å². The number of ether oxygens (including phenoxy) is 2. The molecule has 148 valence electrons. The Balaban J connectivity index is 1.32. The predicted molar refractivity (Wildman–Crippen MR) is 107 cm³/mol. The maximum Gasteiger partial charge on any atom is 0.282 e. The van der Waals surface area contributed by atoms with Gasteiger partial charge in [-0.3, -0.25) is 4.79 Å². The lowest BCUT2D eigenvalue weighted by molar-refractivity contribution is -0.914. The zero-order chi connectivity index (χ0) is 19.5. The van der Waals surface area contributed by atoms with Crippen molar-refractivity contribution in [3.05, 3.63) is 42.5 Å². The second-order valence-electron chi connectivity index (χ2n) is 7.23. The third kappa shape index (κ3) is 3.99. The first kappa shape index (κ1) is 18.4. The summed E-state index contributed by atoms with van der Waals surface area (Å²) in [6.45, 7) is 6.57. The van der Waals surface area contributed by atoms with Crippen molar-refractivity contribution < 1.29 is 24.3 Å². The van der Waals surface area contributed by atoms with Crippen LogP contribution in [0.2, 0.25) is 0 Å². The van der Waals surface area contributed by atoms with Crippen molar-refractivity contribution >= 4 is 17.3 Å². The highest BCUT2D eigenvalue weighted by Crippen LogP contribution is 2.32. The summed E-state index contributed by atoms with van der Waals surface area (Å²) < 4.78 is 11.1. The molecule has 1 amide bonds. The van der Waals surface area contributed by atoms with Crippen LogP contribution >= 0.6 is 0 Å². The summed E-state index contributed by atoms with van der Waals surface area (Å²) in [6, 6.07) is 12.6. The molecule has 0 radical (unpaired) electrons. The van der Waals surface area contributed by atoms with E-state index in [9.17, 15) is 9.90 Å². The van der Waals surface area contributed by atoms with Crippen molar-refractivity contribution in [1.29, 1.82) is 0 Å². The summed E-state index contributed by atoms with van der Waals surface area (Å²) in [5.41, 5.74) is 1.83. The first-order valence-corrected chi connectivity index (χ1v) is 9.69. The summed E-state index contributed by atoms with van der Waals surface area (Å²) >= 11 is 0. The van der Waals surface area contributed by atoms with E-state index in [0.717, 1.165) is 37.6 Å². The van der Waals surface area contributed by atoms with E-state index < -0.39 is 0 Å². The molecule has 3 N–H and O–H groups in total. The Morgan fingerprint density at radius 2 is 1.75 bits per heavy atom. The first-order valence-electron chi connectivity index (χ1n) is 9.69. The molecular weight excluding hydrogens is 358 g/mol. The summed E-state index contributed by atoms with van der Waals surface area (Å²) in [5, 5.41) is 12.4. The smallest absolute Gasteiger partial charge is 0.282 e. The molecule has 1 atom stereocenters. The first-order chi connectivity index (χ1) is 13.6. The van der Waals surface area contributed by atoms with Crippen molar-refractivity contribution in [3.8, 4) is 17.2 Å². The van der Waals surface area contributed by atoms with Gasteiger partial charge in [0.1, 0.15) is 19.0 Å². The minimum absolute atomic E-state index is 0.00441. The van der Waals surface area contributed by atoms with Gasteiger partial charge in [-0.25, -0.2) is 0 Å². The molecule has 2 aliphatic rings. The highest BCUT2D eigenvalue weighted by molar-refractivity contribution is 5.94. The van der Waals surface area contributed by atoms with Crippen LogP contribution in [0.15, 0.2) is 42.5 Å². The number of rotatable bonds is 4. The molecule has 1 fully saturated rings. The highest BCUT2D eigenvalue weighted by Gasteiger charge is 2.29. The number of hydrogen-bond acceptors (Lipinski definition) is 5. The standard InChI is InChI=1S/C21H25N3O4/c1-15(21(26)22-16-2-7-19-20(14-16)28-13-12-27-19)23-8-10-24(11-9-23)17-3-5-18(25)6-4-17/h2-7,14-15,25H,8-13H2,1H3,(H,22,26)/p+1/t15-/m0/s1. The van der Waals surface area contributed by atoms with Gasteiger partial charge < -0.3 is 29.7 Å². The van der Waals surface area contributed by atoms with E-state index in [1.807, 2.05) is 37.3 Å². The van der Waals surface area contributed by atoms with Crippen LogP contribution in [0, 0.1) is 0 Å². The molecule has 28 heavy (non-hydrogen) atoms. The van der Waals surface area contributed by atoms with Crippen LogP contribution < -0.4 is 24.6 Å². The van der Waals surface area contributed by atoms with Crippen LogP contribution in [0.4, 0.5) is 11.4 Å². The third-order valence-electron chi connectivity index (χ3n) is 5.44. The summed E-state index contributed by atoms with van der Waals surface area (Å²) in [7, 11) is 0. The zero-order valence-corrected chi connectivity index (χ0v) is 16.0. The number of aromatic hydroxyl groups is 1. The van der Waals surface area contributed by atoms with Gasteiger partial charge in [-0.2, -0.15) is 0 Å². The van der Waals surface area contributed by atoms with Gasteiger partial charge in [0.2, 0.25) is 0 Å². The Morgan fingerprint density at radius 1 is 1.07 bits per heavy atom. The van der Waals surface area contributed by atoms with E-state index in [0.29, 0.717) is 24.7 Å². The van der Waals surface area contributed by atoms with E-state index in [2.05, 4.69) is 10.2 Å². The molecule has 2 aromatic rings. The quantitative estimate of drug-likeness (QED) is 0.730. The number of piperazine rings is 1. The van der Waals surface area contributed by atoms with Crippen LogP contribution in [-0.2, 0) is 4.79 Å². The molecule has 0 bridgehead atoms. The van der Waals surface area contributed by atoms with Crippen LogP contribution in [0.25, 0.3) is 0 Å². The normalized spacial score (nSPS) is 17.8. The lowest BCUT2D eigenvalue weighted by Crippen LogP contribution is -3.19. The summed E-state index contributed by atoms with van der Waals surface area (Å²) in [4.78, 5) is 16.3. The number of nitrogens with zero attached hydrogens (tertiary/aromatic N) is 1. The summed E-state index contributed by atoms with van der Waals surface area (Å²) in [6.07, 6.45) is 0. The molecular formula is C21H26N3O4+. The zero-order valence-electron chi connectivity index (χ0n) is 16.0. The Labute approximate surface area is 164 Å². The van der Waals surface area contributed by atoms with Crippen molar-refractivity contribution in [2.45, 2.75) is 13.0 Å². The van der Waals surface area contributed by atoms with Crippen molar-refractivity contribution in [2.75, 3.05) is 49.6 Å². The van der Waals surface area contributed by atoms with Gasteiger partial charge in [-0.1, -0.05) is 0 Å². The SMILES string of the molecule is C[C@@H](C(=O)Nc1ccc2c(c1)OCCO2)[NH+]1CCN(c2ccc(O)cc2)CC1. The molecule has 2 aromatic carbocycles. The van der Waals surface area contributed by atoms with Gasteiger partial charge in [-0.15, -0.1) is 0 Å². The Bertz CT molecular complexity index is 832. The Kier molecular flexibility index (Phi) is 5.25. The third-order valence-corrected chi connectivity index (χ3v) is 5.44. The van der Waals surface area contributed by atoms with Gasteiger partial charge in [-0.05, 0) is 43.3 Å². The lowest BCUT2D eigenvalue weighted by Gasteiger charge is -2.36. The second kappa shape index (κ2) is 7.98. The molecule has 2 aliphatic heterocycles.